The minimum Gasteiger partial charge on any atom is -0.497 e. The summed E-state index contributed by atoms with van der Waals surface area (Å²) in [6.07, 6.45) is -0.696. The van der Waals surface area contributed by atoms with Crippen molar-refractivity contribution in [2.24, 2.45) is 0 Å². The van der Waals surface area contributed by atoms with Gasteiger partial charge in [-0.15, -0.1) is 0 Å². The molecule has 2 rings (SSSR count). The van der Waals surface area contributed by atoms with E-state index in [1.165, 1.54) is 6.07 Å². The molecular formula is C17H19F2NO2. The highest BCUT2D eigenvalue weighted by molar-refractivity contribution is 5.28. The molecule has 3 nitrogen and oxygen atoms in total. The first-order chi connectivity index (χ1) is 10.5. The molecule has 0 spiro atoms. The molecular weight excluding hydrogens is 288 g/mol. The summed E-state index contributed by atoms with van der Waals surface area (Å²) in [5.74, 6) is -1.02. The number of benzene rings is 2. The first-order valence-corrected chi connectivity index (χ1v) is 7.01. The van der Waals surface area contributed by atoms with E-state index in [9.17, 15) is 13.9 Å². The van der Waals surface area contributed by atoms with Crippen LogP contribution >= 0.6 is 0 Å². The minimum absolute atomic E-state index is 0.206. The first-order valence-electron chi connectivity index (χ1n) is 7.01. The van der Waals surface area contributed by atoms with Gasteiger partial charge in [0.15, 0.2) is 11.6 Å². The molecule has 0 radical (unpaired) electrons. The number of ether oxygens (including phenoxy) is 1. The van der Waals surface area contributed by atoms with Crippen LogP contribution in [0.25, 0.3) is 0 Å². The second-order valence-corrected chi connectivity index (χ2v) is 5.09. The number of rotatable bonds is 6. The molecule has 2 aromatic carbocycles. The van der Waals surface area contributed by atoms with E-state index in [0.29, 0.717) is 12.1 Å². The van der Waals surface area contributed by atoms with Crippen molar-refractivity contribution in [3.63, 3.8) is 0 Å². The van der Waals surface area contributed by atoms with Gasteiger partial charge in [-0.3, -0.25) is 0 Å². The van der Waals surface area contributed by atoms with E-state index in [4.69, 9.17) is 4.74 Å². The molecule has 0 saturated carbocycles. The van der Waals surface area contributed by atoms with Gasteiger partial charge in [0.1, 0.15) is 5.75 Å². The highest BCUT2D eigenvalue weighted by Crippen LogP contribution is 2.19. The molecule has 0 aromatic heterocycles. The van der Waals surface area contributed by atoms with E-state index in [-0.39, 0.29) is 6.04 Å². The molecule has 0 bridgehead atoms. The lowest BCUT2D eigenvalue weighted by atomic mass is 10.1. The monoisotopic (exact) mass is 307 g/mol. The molecule has 5 heteroatoms. The van der Waals surface area contributed by atoms with E-state index in [1.54, 1.807) is 31.4 Å². The summed E-state index contributed by atoms with van der Waals surface area (Å²) >= 11 is 0. The van der Waals surface area contributed by atoms with Crippen molar-refractivity contribution in [3.8, 4) is 5.75 Å². The molecule has 0 aliphatic carbocycles. The summed E-state index contributed by atoms with van der Waals surface area (Å²) in [6.45, 7) is 2.12. The SMILES string of the molecule is COc1ccc(C(O)CNC(C)c2ccc(F)c(F)c2)cc1. The summed E-state index contributed by atoms with van der Waals surface area (Å²) < 4.78 is 31.2. The summed E-state index contributed by atoms with van der Waals surface area (Å²) in [5.41, 5.74) is 1.38. The predicted molar refractivity (Wildman–Crippen MR) is 80.7 cm³/mol. The van der Waals surface area contributed by atoms with Crippen molar-refractivity contribution in [2.75, 3.05) is 13.7 Å². The van der Waals surface area contributed by atoms with Gasteiger partial charge in [0.2, 0.25) is 0 Å². The van der Waals surface area contributed by atoms with Crippen molar-refractivity contribution >= 4 is 0 Å². The quantitative estimate of drug-likeness (QED) is 0.860. The van der Waals surface area contributed by atoms with E-state index in [1.807, 2.05) is 6.92 Å². The Morgan fingerprint density at radius 3 is 2.27 bits per heavy atom. The Kier molecular flexibility index (Phi) is 5.46. The zero-order valence-corrected chi connectivity index (χ0v) is 12.5. The van der Waals surface area contributed by atoms with Gasteiger partial charge in [-0.2, -0.15) is 0 Å². The number of hydrogen-bond donors (Lipinski definition) is 2. The van der Waals surface area contributed by atoms with E-state index in [2.05, 4.69) is 5.32 Å². The largest absolute Gasteiger partial charge is 0.497 e. The minimum atomic E-state index is -0.873. The van der Waals surface area contributed by atoms with Gasteiger partial charge in [-0.1, -0.05) is 18.2 Å². The van der Waals surface area contributed by atoms with Crippen molar-refractivity contribution in [1.82, 2.24) is 5.32 Å². The van der Waals surface area contributed by atoms with Crippen molar-refractivity contribution in [1.29, 1.82) is 0 Å². The third-order valence-electron chi connectivity index (χ3n) is 3.56. The van der Waals surface area contributed by atoms with Gasteiger partial charge < -0.3 is 15.2 Å². The van der Waals surface area contributed by atoms with Crippen LogP contribution in [0.5, 0.6) is 5.75 Å². The molecule has 118 valence electrons. The highest BCUT2D eigenvalue weighted by Gasteiger charge is 2.12. The van der Waals surface area contributed by atoms with Crippen LogP contribution in [0, 0.1) is 11.6 Å². The van der Waals surface area contributed by atoms with Crippen molar-refractivity contribution < 1.29 is 18.6 Å². The van der Waals surface area contributed by atoms with Gasteiger partial charge in [0, 0.05) is 12.6 Å². The second kappa shape index (κ2) is 7.33. The van der Waals surface area contributed by atoms with Crippen LogP contribution in [-0.4, -0.2) is 18.8 Å². The van der Waals surface area contributed by atoms with E-state index < -0.39 is 17.7 Å². The molecule has 2 atom stereocenters. The van der Waals surface area contributed by atoms with Crippen LogP contribution in [0.15, 0.2) is 42.5 Å². The normalized spacial score (nSPS) is 13.7. The molecule has 0 amide bonds. The first kappa shape index (κ1) is 16.4. The summed E-state index contributed by atoms with van der Waals surface area (Å²) in [7, 11) is 1.58. The maximum Gasteiger partial charge on any atom is 0.159 e. The average molecular weight is 307 g/mol. The number of nitrogens with one attached hydrogen (secondary N) is 1. The molecule has 2 unspecified atom stereocenters. The van der Waals surface area contributed by atoms with Gasteiger partial charge in [0.25, 0.3) is 0 Å². The molecule has 0 aliphatic rings. The maximum atomic E-state index is 13.2. The maximum absolute atomic E-state index is 13.2. The molecule has 0 fully saturated rings. The fourth-order valence-corrected chi connectivity index (χ4v) is 2.13. The summed E-state index contributed by atoms with van der Waals surface area (Å²) in [6, 6.07) is 10.7. The molecule has 2 aromatic rings. The Balaban J connectivity index is 1.94. The third-order valence-corrected chi connectivity index (χ3v) is 3.56. The van der Waals surface area contributed by atoms with Gasteiger partial charge in [0.05, 0.1) is 13.2 Å². The van der Waals surface area contributed by atoms with Gasteiger partial charge in [-0.05, 0) is 42.3 Å². The second-order valence-electron chi connectivity index (χ2n) is 5.09. The lowest BCUT2D eigenvalue weighted by Crippen LogP contribution is -2.24. The molecule has 0 saturated heterocycles. The number of hydrogen-bond acceptors (Lipinski definition) is 3. The van der Waals surface area contributed by atoms with Crippen LogP contribution in [0.1, 0.15) is 30.2 Å². The number of methoxy groups -OCH3 is 1. The third kappa shape index (κ3) is 4.02. The topological polar surface area (TPSA) is 41.5 Å². The fraction of sp³-hybridized carbons (Fsp3) is 0.294. The Morgan fingerprint density at radius 1 is 1.05 bits per heavy atom. The van der Waals surface area contributed by atoms with Crippen LogP contribution < -0.4 is 10.1 Å². The standard InChI is InChI=1S/C17H19F2NO2/c1-11(13-5-8-15(18)16(19)9-13)20-10-17(21)12-3-6-14(22-2)7-4-12/h3-9,11,17,20-21H,10H2,1-2H3. The number of aliphatic hydroxyl groups is 1. The smallest absolute Gasteiger partial charge is 0.159 e. The van der Waals surface area contributed by atoms with Crippen LogP contribution in [0.3, 0.4) is 0 Å². The zero-order chi connectivity index (χ0) is 16.1. The van der Waals surface area contributed by atoms with Crippen molar-refractivity contribution in [2.45, 2.75) is 19.1 Å². The Bertz CT molecular complexity index is 617. The van der Waals surface area contributed by atoms with Crippen LogP contribution in [0.2, 0.25) is 0 Å². The molecule has 2 N–H and O–H groups in total. The van der Waals surface area contributed by atoms with Crippen LogP contribution in [-0.2, 0) is 0 Å². The van der Waals surface area contributed by atoms with Crippen molar-refractivity contribution in [3.05, 3.63) is 65.2 Å². The van der Waals surface area contributed by atoms with Gasteiger partial charge >= 0.3 is 0 Å². The van der Waals surface area contributed by atoms with Crippen LogP contribution in [0.4, 0.5) is 8.78 Å². The van der Waals surface area contributed by atoms with E-state index >= 15 is 0 Å². The highest BCUT2D eigenvalue weighted by atomic mass is 19.2. The Morgan fingerprint density at radius 2 is 1.68 bits per heavy atom. The van der Waals surface area contributed by atoms with E-state index in [0.717, 1.165) is 23.4 Å². The van der Waals surface area contributed by atoms with Gasteiger partial charge in [-0.25, -0.2) is 8.78 Å². The zero-order valence-electron chi connectivity index (χ0n) is 12.5. The Labute approximate surface area is 128 Å². The fourth-order valence-electron chi connectivity index (χ4n) is 2.13. The average Bonchev–Trinajstić information content (AvgIpc) is 2.54. The lowest BCUT2D eigenvalue weighted by Gasteiger charge is -2.18. The summed E-state index contributed by atoms with van der Waals surface area (Å²) in [5, 5.41) is 13.2. The number of halogens is 2. The summed E-state index contributed by atoms with van der Waals surface area (Å²) in [4.78, 5) is 0. The lowest BCUT2D eigenvalue weighted by molar-refractivity contribution is 0.170. The molecule has 0 heterocycles. The molecule has 22 heavy (non-hydrogen) atoms. The Hall–Kier alpha value is -1.98. The number of aliphatic hydroxyl groups excluding tert-OH is 1. The molecule has 0 aliphatic heterocycles. The predicted octanol–water partition coefficient (Wildman–Crippen LogP) is 3.36.